The molecular weight excluding hydrogens is 230 g/mol. The SMILES string of the molecule is O=C(N1CCCC1)N1CCOC2(CCNCC2)C1. The van der Waals surface area contributed by atoms with Gasteiger partial charge in [-0.15, -0.1) is 0 Å². The second-order valence-electron chi connectivity index (χ2n) is 5.68. The number of hydrogen-bond acceptors (Lipinski definition) is 3. The second kappa shape index (κ2) is 5.05. The van der Waals surface area contributed by atoms with Crippen molar-refractivity contribution in [1.29, 1.82) is 0 Å². The fourth-order valence-electron chi connectivity index (χ4n) is 3.30. The van der Waals surface area contributed by atoms with Crippen LogP contribution < -0.4 is 5.32 Å². The molecule has 3 aliphatic rings. The number of hydrogen-bond donors (Lipinski definition) is 1. The van der Waals surface area contributed by atoms with Crippen molar-refractivity contribution in [3.8, 4) is 0 Å². The highest BCUT2D eigenvalue weighted by atomic mass is 16.5. The third kappa shape index (κ3) is 2.34. The van der Waals surface area contributed by atoms with E-state index in [2.05, 4.69) is 5.32 Å². The highest BCUT2D eigenvalue weighted by Gasteiger charge is 2.40. The van der Waals surface area contributed by atoms with Crippen molar-refractivity contribution in [2.24, 2.45) is 0 Å². The number of carbonyl (C=O) groups is 1. The summed E-state index contributed by atoms with van der Waals surface area (Å²) in [7, 11) is 0. The van der Waals surface area contributed by atoms with Gasteiger partial charge in [0.05, 0.1) is 18.8 Å². The van der Waals surface area contributed by atoms with Crippen molar-refractivity contribution in [3.63, 3.8) is 0 Å². The summed E-state index contributed by atoms with van der Waals surface area (Å²) in [5.74, 6) is 0. The fourth-order valence-corrected chi connectivity index (χ4v) is 3.30. The van der Waals surface area contributed by atoms with E-state index in [1.54, 1.807) is 0 Å². The summed E-state index contributed by atoms with van der Waals surface area (Å²) < 4.78 is 6.00. The number of amides is 2. The van der Waals surface area contributed by atoms with Crippen molar-refractivity contribution in [1.82, 2.24) is 15.1 Å². The Morgan fingerprint density at radius 3 is 2.50 bits per heavy atom. The van der Waals surface area contributed by atoms with E-state index in [0.717, 1.165) is 65.0 Å². The van der Waals surface area contributed by atoms with Gasteiger partial charge >= 0.3 is 6.03 Å². The van der Waals surface area contributed by atoms with Gasteiger partial charge in [0, 0.05) is 19.6 Å². The minimum atomic E-state index is -0.0706. The lowest BCUT2D eigenvalue weighted by Crippen LogP contribution is -2.59. The van der Waals surface area contributed by atoms with E-state index in [1.807, 2.05) is 9.80 Å². The van der Waals surface area contributed by atoms with Crippen LogP contribution in [0.15, 0.2) is 0 Å². The Hall–Kier alpha value is -0.810. The first kappa shape index (κ1) is 12.2. The summed E-state index contributed by atoms with van der Waals surface area (Å²) >= 11 is 0. The summed E-state index contributed by atoms with van der Waals surface area (Å²) in [6.45, 7) is 6.11. The van der Waals surface area contributed by atoms with Crippen LogP contribution in [0.4, 0.5) is 4.79 Å². The molecular formula is C13H23N3O2. The highest BCUT2D eigenvalue weighted by Crippen LogP contribution is 2.28. The van der Waals surface area contributed by atoms with Crippen LogP contribution in [0, 0.1) is 0 Å². The van der Waals surface area contributed by atoms with Gasteiger partial charge in [0.2, 0.25) is 0 Å². The molecule has 2 amide bonds. The van der Waals surface area contributed by atoms with Crippen LogP contribution in [0.5, 0.6) is 0 Å². The van der Waals surface area contributed by atoms with Crippen molar-refractivity contribution in [2.45, 2.75) is 31.3 Å². The molecule has 102 valence electrons. The van der Waals surface area contributed by atoms with Gasteiger partial charge in [0.25, 0.3) is 0 Å². The predicted molar refractivity (Wildman–Crippen MR) is 68.6 cm³/mol. The molecule has 1 N–H and O–H groups in total. The number of carbonyl (C=O) groups excluding carboxylic acids is 1. The van der Waals surface area contributed by atoms with Crippen LogP contribution in [-0.2, 0) is 4.74 Å². The predicted octanol–water partition coefficient (Wildman–Crippen LogP) is 0.657. The Morgan fingerprint density at radius 2 is 1.78 bits per heavy atom. The van der Waals surface area contributed by atoms with Gasteiger partial charge in [-0.25, -0.2) is 4.79 Å². The Balaban J connectivity index is 1.64. The zero-order chi connectivity index (χ0) is 12.4. The molecule has 0 aromatic rings. The van der Waals surface area contributed by atoms with Crippen molar-refractivity contribution < 1.29 is 9.53 Å². The lowest BCUT2D eigenvalue weighted by molar-refractivity contribution is -0.114. The Labute approximate surface area is 108 Å². The first-order valence-electron chi connectivity index (χ1n) is 7.18. The Morgan fingerprint density at radius 1 is 1.06 bits per heavy atom. The molecule has 0 saturated carbocycles. The molecule has 0 unspecified atom stereocenters. The third-order valence-corrected chi connectivity index (χ3v) is 4.41. The van der Waals surface area contributed by atoms with E-state index in [4.69, 9.17) is 4.74 Å². The molecule has 3 heterocycles. The number of nitrogens with zero attached hydrogens (tertiary/aromatic N) is 2. The van der Waals surface area contributed by atoms with E-state index < -0.39 is 0 Å². The van der Waals surface area contributed by atoms with Crippen molar-refractivity contribution in [3.05, 3.63) is 0 Å². The van der Waals surface area contributed by atoms with Gasteiger partial charge in [0.1, 0.15) is 0 Å². The molecule has 5 nitrogen and oxygen atoms in total. The smallest absolute Gasteiger partial charge is 0.320 e. The maximum absolute atomic E-state index is 12.4. The standard InChI is InChI=1S/C13H23N3O2/c17-12(15-7-1-2-8-15)16-9-10-18-13(11-16)3-5-14-6-4-13/h14H,1-11H2. The van der Waals surface area contributed by atoms with Gasteiger partial charge in [-0.05, 0) is 38.8 Å². The molecule has 3 fully saturated rings. The first-order chi connectivity index (χ1) is 8.79. The quantitative estimate of drug-likeness (QED) is 0.689. The minimum absolute atomic E-state index is 0.0706. The molecule has 1 spiro atoms. The maximum Gasteiger partial charge on any atom is 0.320 e. The monoisotopic (exact) mass is 253 g/mol. The maximum atomic E-state index is 12.4. The molecule has 3 saturated heterocycles. The average molecular weight is 253 g/mol. The fraction of sp³-hybridized carbons (Fsp3) is 0.923. The van der Waals surface area contributed by atoms with Crippen LogP contribution in [0.1, 0.15) is 25.7 Å². The van der Waals surface area contributed by atoms with E-state index in [0.29, 0.717) is 6.61 Å². The molecule has 0 aliphatic carbocycles. The number of likely N-dealkylation sites (tertiary alicyclic amines) is 1. The Bertz CT molecular complexity index is 304. The van der Waals surface area contributed by atoms with Crippen molar-refractivity contribution >= 4 is 6.03 Å². The number of ether oxygens (including phenoxy) is 1. The summed E-state index contributed by atoms with van der Waals surface area (Å²) in [4.78, 5) is 16.4. The molecule has 0 aromatic heterocycles. The van der Waals surface area contributed by atoms with Crippen LogP contribution in [0.3, 0.4) is 0 Å². The van der Waals surface area contributed by atoms with Gasteiger partial charge in [0.15, 0.2) is 0 Å². The second-order valence-corrected chi connectivity index (χ2v) is 5.68. The largest absolute Gasteiger partial charge is 0.371 e. The number of piperidine rings is 1. The number of urea groups is 1. The summed E-state index contributed by atoms with van der Waals surface area (Å²) in [6, 6.07) is 0.230. The van der Waals surface area contributed by atoms with E-state index >= 15 is 0 Å². The summed E-state index contributed by atoms with van der Waals surface area (Å²) in [5, 5.41) is 3.36. The average Bonchev–Trinajstić information content (AvgIpc) is 2.93. The Kier molecular flexibility index (Phi) is 3.43. The molecule has 0 radical (unpaired) electrons. The zero-order valence-electron chi connectivity index (χ0n) is 11.0. The molecule has 0 aromatic carbocycles. The number of nitrogens with one attached hydrogen (secondary N) is 1. The molecule has 0 bridgehead atoms. The van der Waals surface area contributed by atoms with E-state index in [1.165, 1.54) is 0 Å². The molecule has 18 heavy (non-hydrogen) atoms. The van der Waals surface area contributed by atoms with Gasteiger partial charge < -0.3 is 19.9 Å². The molecule has 3 rings (SSSR count). The van der Waals surface area contributed by atoms with Crippen LogP contribution in [-0.4, -0.2) is 67.3 Å². The lowest BCUT2D eigenvalue weighted by atomic mass is 9.90. The zero-order valence-corrected chi connectivity index (χ0v) is 11.0. The van der Waals surface area contributed by atoms with Gasteiger partial charge in [-0.2, -0.15) is 0 Å². The molecule has 0 atom stereocenters. The topological polar surface area (TPSA) is 44.8 Å². The highest BCUT2D eigenvalue weighted by molar-refractivity contribution is 5.75. The molecule has 3 aliphatic heterocycles. The normalized spacial score (nSPS) is 27.8. The van der Waals surface area contributed by atoms with Gasteiger partial charge in [-0.3, -0.25) is 0 Å². The number of morpholine rings is 1. The molecule has 5 heteroatoms. The van der Waals surface area contributed by atoms with Crippen LogP contribution in [0.25, 0.3) is 0 Å². The third-order valence-electron chi connectivity index (χ3n) is 4.41. The lowest BCUT2D eigenvalue weighted by Gasteiger charge is -2.45. The van der Waals surface area contributed by atoms with Gasteiger partial charge in [-0.1, -0.05) is 0 Å². The van der Waals surface area contributed by atoms with E-state index in [9.17, 15) is 4.79 Å². The van der Waals surface area contributed by atoms with E-state index in [-0.39, 0.29) is 11.6 Å². The minimum Gasteiger partial charge on any atom is -0.371 e. The number of rotatable bonds is 0. The van der Waals surface area contributed by atoms with Crippen molar-refractivity contribution in [2.75, 3.05) is 45.9 Å². The first-order valence-corrected chi connectivity index (χ1v) is 7.18. The summed E-state index contributed by atoms with van der Waals surface area (Å²) in [5.41, 5.74) is -0.0706. The summed E-state index contributed by atoms with van der Waals surface area (Å²) in [6.07, 6.45) is 4.36. The van der Waals surface area contributed by atoms with Crippen LogP contribution >= 0.6 is 0 Å². The van der Waals surface area contributed by atoms with Crippen LogP contribution in [0.2, 0.25) is 0 Å².